The van der Waals surface area contributed by atoms with E-state index in [2.05, 4.69) is 84.6 Å². The Morgan fingerprint density at radius 2 is 1.48 bits per heavy atom. The molecule has 3 rings (SSSR count). The Morgan fingerprint density at radius 3 is 2.17 bits per heavy atom. The van der Waals surface area contributed by atoms with Gasteiger partial charge in [0.25, 0.3) is 0 Å². The van der Waals surface area contributed by atoms with E-state index >= 15 is 0 Å². The first-order valence-corrected chi connectivity index (χ1v) is 10.3. The average Bonchev–Trinajstić information content (AvgIpc) is 2.77. The van der Waals surface area contributed by atoms with Gasteiger partial charge in [-0.25, -0.2) is 5.48 Å². The molecule has 4 heteroatoms. The second kappa shape index (κ2) is 13.5. The minimum Gasteiger partial charge on any atom is -0.295 e. The van der Waals surface area contributed by atoms with Gasteiger partial charge < -0.3 is 0 Å². The molecule has 0 saturated heterocycles. The van der Waals surface area contributed by atoms with Gasteiger partial charge in [0.15, 0.2) is 0 Å². The Kier molecular flexibility index (Phi) is 10.5. The van der Waals surface area contributed by atoms with Crippen LogP contribution in [0.25, 0.3) is 10.8 Å². The quantitative estimate of drug-likeness (QED) is 0.206. The smallest absolute Gasteiger partial charge is 0.230 e. The molecule has 0 atom stereocenters. The summed E-state index contributed by atoms with van der Waals surface area (Å²) in [6, 6.07) is 26.4. The highest BCUT2D eigenvalue weighted by atomic mass is 16.5. The summed E-state index contributed by atoms with van der Waals surface area (Å²) in [6.07, 6.45) is 5.44. The molecule has 0 aromatic heterocycles. The SMILES string of the molecule is CCCCCCN(Cc1ccccc1)Cc1ccc2ccccc2c1.O=CNO. The van der Waals surface area contributed by atoms with Crippen LogP contribution in [0.2, 0.25) is 0 Å². The maximum atomic E-state index is 8.81. The van der Waals surface area contributed by atoms with Crippen molar-refractivity contribution < 1.29 is 10.0 Å². The predicted octanol–water partition coefficient (Wildman–Crippen LogP) is 5.54. The van der Waals surface area contributed by atoms with Crippen LogP contribution in [0.4, 0.5) is 0 Å². The number of rotatable bonds is 10. The Hall–Kier alpha value is -2.69. The Balaban J connectivity index is 0.000000687. The van der Waals surface area contributed by atoms with Crippen LogP contribution in [0.15, 0.2) is 72.8 Å². The molecule has 0 heterocycles. The maximum absolute atomic E-state index is 8.81. The minimum absolute atomic E-state index is 0.181. The van der Waals surface area contributed by atoms with Crippen LogP contribution in [0, 0.1) is 0 Å². The topological polar surface area (TPSA) is 52.6 Å². The summed E-state index contributed by atoms with van der Waals surface area (Å²) in [4.78, 5) is 11.4. The van der Waals surface area contributed by atoms with Crippen molar-refractivity contribution in [3.05, 3.63) is 83.9 Å². The van der Waals surface area contributed by atoms with E-state index in [1.165, 1.54) is 59.6 Å². The summed E-state index contributed by atoms with van der Waals surface area (Å²) < 4.78 is 0. The normalized spacial score (nSPS) is 10.4. The van der Waals surface area contributed by atoms with Gasteiger partial charge in [-0.1, -0.05) is 92.9 Å². The zero-order chi connectivity index (χ0) is 20.7. The first kappa shape index (κ1) is 22.6. The van der Waals surface area contributed by atoms with Crippen LogP contribution < -0.4 is 5.48 Å². The Bertz CT molecular complexity index is 836. The molecule has 0 aliphatic heterocycles. The van der Waals surface area contributed by atoms with E-state index in [0.29, 0.717) is 0 Å². The van der Waals surface area contributed by atoms with Crippen molar-refractivity contribution in [1.29, 1.82) is 0 Å². The molecule has 3 aromatic rings. The molecule has 0 radical (unpaired) electrons. The number of hydroxylamine groups is 1. The van der Waals surface area contributed by atoms with Crippen LogP contribution in [0.1, 0.15) is 43.7 Å². The van der Waals surface area contributed by atoms with Gasteiger partial charge in [0.1, 0.15) is 0 Å². The highest BCUT2D eigenvalue weighted by Gasteiger charge is 2.08. The molecule has 29 heavy (non-hydrogen) atoms. The molecular formula is C25H32N2O2. The lowest BCUT2D eigenvalue weighted by Crippen LogP contribution is -2.24. The standard InChI is InChI=1S/C24H29N.CH3NO2/c1-2-3-4-10-17-25(19-21-11-6-5-7-12-21)20-22-15-16-23-13-8-9-14-24(23)18-22;3-1-2-4/h5-9,11-16,18H,2-4,10,17,19-20H2,1H3;1,4H,(H,2,3). The maximum Gasteiger partial charge on any atom is 0.230 e. The van der Waals surface area contributed by atoms with Gasteiger partial charge in [-0.05, 0) is 40.9 Å². The van der Waals surface area contributed by atoms with Crippen molar-refractivity contribution in [3.63, 3.8) is 0 Å². The highest BCUT2D eigenvalue weighted by Crippen LogP contribution is 2.18. The highest BCUT2D eigenvalue weighted by molar-refractivity contribution is 5.82. The molecule has 2 N–H and O–H groups in total. The number of amides is 1. The van der Waals surface area contributed by atoms with Gasteiger partial charge in [-0.15, -0.1) is 0 Å². The summed E-state index contributed by atoms with van der Waals surface area (Å²) in [5.74, 6) is 0. The molecule has 0 unspecified atom stereocenters. The molecule has 3 aromatic carbocycles. The summed E-state index contributed by atoms with van der Waals surface area (Å²) >= 11 is 0. The van der Waals surface area contributed by atoms with Crippen molar-refractivity contribution in [2.75, 3.05) is 6.54 Å². The van der Waals surface area contributed by atoms with Gasteiger partial charge in [0, 0.05) is 13.1 Å². The molecule has 0 aliphatic rings. The van der Waals surface area contributed by atoms with Crippen LogP contribution in [-0.4, -0.2) is 23.1 Å². The molecule has 154 valence electrons. The molecule has 0 aliphatic carbocycles. The lowest BCUT2D eigenvalue weighted by atomic mass is 10.1. The van der Waals surface area contributed by atoms with Crippen LogP contribution in [-0.2, 0) is 17.9 Å². The largest absolute Gasteiger partial charge is 0.295 e. The van der Waals surface area contributed by atoms with Crippen molar-refractivity contribution in [2.24, 2.45) is 0 Å². The number of nitrogens with one attached hydrogen (secondary N) is 1. The monoisotopic (exact) mass is 392 g/mol. The number of hydrogen-bond acceptors (Lipinski definition) is 3. The van der Waals surface area contributed by atoms with Crippen molar-refractivity contribution in [2.45, 2.75) is 45.7 Å². The Labute approximate surface area is 174 Å². The van der Waals surface area contributed by atoms with Gasteiger partial charge in [-0.3, -0.25) is 14.9 Å². The fraction of sp³-hybridized carbons (Fsp3) is 0.320. The van der Waals surface area contributed by atoms with Gasteiger partial charge in [0.05, 0.1) is 0 Å². The van der Waals surface area contributed by atoms with Gasteiger partial charge >= 0.3 is 0 Å². The van der Waals surface area contributed by atoms with Crippen LogP contribution in [0.5, 0.6) is 0 Å². The number of fused-ring (bicyclic) bond motifs is 1. The van der Waals surface area contributed by atoms with E-state index in [0.717, 1.165) is 13.1 Å². The van der Waals surface area contributed by atoms with Crippen molar-refractivity contribution in [1.82, 2.24) is 10.4 Å². The average molecular weight is 393 g/mol. The second-order valence-corrected chi connectivity index (χ2v) is 7.19. The van der Waals surface area contributed by atoms with E-state index in [9.17, 15) is 0 Å². The summed E-state index contributed by atoms with van der Waals surface area (Å²) in [7, 11) is 0. The lowest BCUT2D eigenvalue weighted by molar-refractivity contribution is -0.116. The van der Waals surface area contributed by atoms with Gasteiger partial charge in [0.2, 0.25) is 6.41 Å². The molecule has 0 bridgehead atoms. The fourth-order valence-corrected chi connectivity index (χ4v) is 3.41. The zero-order valence-corrected chi connectivity index (χ0v) is 17.3. The lowest BCUT2D eigenvalue weighted by Gasteiger charge is -2.23. The number of unbranched alkanes of at least 4 members (excludes halogenated alkanes) is 3. The van der Waals surface area contributed by atoms with Crippen LogP contribution >= 0.6 is 0 Å². The first-order valence-electron chi connectivity index (χ1n) is 10.3. The molecule has 4 nitrogen and oxygen atoms in total. The first-order chi connectivity index (χ1) is 14.3. The summed E-state index contributed by atoms with van der Waals surface area (Å²) in [5, 5.41) is 9.92. The number of hydrogen-bond donors (Lipinski definition) is 2. The third-order valence-corrected chi connectivity index (χ3v) is 4.85. The predicted molar refractivity (Wildman–Crippen MR) is 120 cm³/mol. The summed E-state index contributed by atoms with van der Waals surface area (Å²) in [6.45, 7) is 5.49. The number of nitrogens with zero attached hydrogens (tertiary/aromatic N) is 1. The Morgan fingerprint density at radius 1 is 0.828 bits per heavy atom. The fourth-order valence-electron chi connectivity index (χ4n) is 3.41. The van der Waals surface area contributed by atoms with Gasteiger partial charge in [-0.2, -0.15) is 0 Å². The summed E-state index contributed by atoms with van der Waals surface area (Å²) in [5.41, 5.74) is 4.06. The van der Waals surface area contributed by atoms with E-state index < -0.39 is 0 Å². The number of carbonyl (C=O) groups is 1. The number of benzene rings is 3. The minimum atomic E-state index is 0.181. The van der Waals surface area contributed by atoms with E-state index in [-0.39, 0.29) is 6.41 Å². The molecule has 0 spiro atoms. The van der Waals surface area contributed by atoms with Crippen molar-refractivity contribution >= 4 is 17.2 Å². The van der Waals surface area contributed by atoms with E-state index in [4.69, 9.17) is 10.0 Å². The van der Waals surface area contributed by atoms with Crippen LogP contribution in [0.3, 0.4) is 0 Å². The third kappa shape index (κ3) is 8.46. The van der Waals surface area contributed by atoms with E-state index in [1.54, 1.807) is 0 Å². The molecular weight excluding hydrogens is 360 g/mol. The molecule has 0 fully saturated rings. The van der Waals surface area contributed by atoms with E-state index in [1.807, 2.05) is 0 Å². The number of carbonyl (C=O) groups excluding carboxylic acids is 1. The van der Waals surface area contributed by atoms with Crippen molar-refractivity contribution in [3.8, 4) is 0 Å². The molecule has 0 saturated carbocycles. The zero-order valence-electron chi connectivity index (χ0n) is 17.3. The second-order valence-electron chi connectivity index (χ2n) is 7.19. The molecule has 1 amide bonds. The third-order valence-electron chi connectivity index (χ3n) is 4.85.